The first kappa shape index (κ1) is 19.1. The molecular weight excluding hydrogens is 340 g/mol. The number of hydrogen-bond donors (Lipinski definition) is 2. The van der Waals surface area contributed by atoms with Gasteiger partial charge in [-0.2, -0.15) is 0 Å². The van der Waals surface area contributed by atoms with Crippen molar-refractivity contribution in [1.82, 2.24) is 9.88 Å². The quantitative estimate of drug-likeness (QED) is 0.642. The van der Waals surface area contributed by atoms with Gasteiger partial charge in [0.2, 0.25) is 5.56 Å². The number of aromatic nitrogens is 1. The number of benzene rings is 2. The molecule has 0 aliphatic heterocycles. The number of aliphatic hydroxyl groups excluding tert-OH is 1. The van der Waals surface area contributed by atoms with E-state index >= 15 is 0 Å². The van der Waals surface area contributed by atoms with Gasteiger partial charge in [0, 0.05) is 29.6 Å². The van der Waals surface area contributed by atoms with E-state index in [0.717, 1.165) is 17.4 Å². The Morgan fingerprint density at radius 3 is 2.63 bits per heavy atom. The first-order valence-electron chi connectivity index (χ1n) is 9.29. The summed E-state index contributed by atoms with van der Waals surface area (Å²) in [6.07, 6.45) is -0.595. The van der Waals surface area contributed by atoms with Crippen LogP contribution < -0.4 is 10.3 Å². The highest BCUT2D eigenvalue weighted by Crippen LogP contribution is 2.21. The van der Waals surface area contributed by atoms with Crippen LogP contribution in [0.25, 0.3) is 10.9 Å². The van der Waals surface area contributed by atoms with Crippen molar-refractivity contribution < 1.29 is 9.84 Å². The van der Waals surface area contributed by atoms with Gasteiger partial charge in [-0.3, -0.25) is 9.69 Å². The molecule has 142 valence electrons. The number of nitrogens with one attached hydrogen (secondary N) is 1. The number of ether oxygens (including phenoxy) is 1. The Balaban J connectivity index is 1.59. The Morgan fingerprint density at radius 2 is 1.89 bits per heavy atom. The molecule has 2 unspecified atom stereocenters. The molecule has 0 saturated heterocycles. The first-order valence-corrected chi connectivity index (χ1v) is 9.29. The molecule has 0 aliphatic rings. The Bertz CT molecular complexity index is 923. The number of aliphatic hydroxyl groups is 1. The van der Waals surface area contributed by atoms with E-state index in [1.807, 2.05) is 30.3 Å². The molecule has 2 atom stereocenters. The maximum atomic E-state index is 11.3. The van der Waals surface area contributed by atoms with Crippen molar-refractivity contribution in [1.29, 1.82) is 0 Å². The summed E-state index contributed by atoms with van der Waals surface area (Å²) in [5, 5.41) is 11.3. The number of H-pyrrole nitrogens is 1. The van der Waals surface area contributed by atoms with Crippen LogP contribution >= 0.6 is 0 Å². The van der Waals surface area contributed by atoms with E-state index in [0.29, 0.717) is 12.3 Å². The molecule has 27 heavy (non-hydrogen) atoms. The Kier molecular flexibility index (Phi) is 6.27. The normalized spacial score (nSPS) is 13.6. The third-order valence-electron chi connectivity index (χ3n) is 4.82. The summed E-state index contributed by atoms with van der Waals surface area (Å²) in [6.45, 7) is 5.84. The van der Waals surface area contributed by atoms with Crippen LogP contribution in [0, 0.1) is 0 Å². The maximum absolute atomic E-state index is 11.3. The van der Waals surface area contributed by atoms with E-state index in [1.165, 1.54) is 11.6 Å². The lowest BCUT2D eigenvalue weighted by molar-refractivity contribution is 0.0568. The van der Waals surface area contributed by atoms with Gasteiger partial charge < -0.3 is 14.8 Å². The smallest absolute Gasteiger partial charge is 0.248 e. The second-order valence-corrected chi connectivity index (χ2v) is 6.71. The van der Waals surface area contributed by atoms with Gasteiger partial charge in [0.15, 0.2) is 0 Å². The van der Waals surface area contributed by atoms with Crippen molar-refractivity contribution in [2.24, 2.45) is 0 Å². The molecule has 0 saturated carbocycles. The first-order chi connectivity index (χ1) is 13.1. The summed E-state index contributed by atoms with van der Waals surface area (Å²) in [7, 11) is 0. The molecule has 0 amide bonds. The van der Waals surface area contributed by atoms with E-state index < -0.39 is 6.10 Å². The van der Waals surface area contributed by atoms with Crippen LogP contribution in [-0.2, 0) is 0 Å². The van der Waals surface area contributed by atoms with E-state index in [9.17, 15) is 9.90 Å². The Morgan fingerprint density at radius 1 is 1.11 bits per heavy atom. The fourth-order valence-corrected chi connectivity index (χ4v) is 3.24. The van der Waals surface area contributed by atoms with Gasteiger partial charge in [0.1, 0.15) is 18.5 Å². The molecule has 1 heterocycles. The van der Waals surface area contributed by atoms with Gasteiger partial charge in [0.05, 0.1) is 0 Å². The summed E-state index contributed by atoms with van der Waals surface area (Å²) >= 11 is 0. The van der Waals surface area contributed by atoms with Crippen molar-refractivity contribution in [3.8, 4) is 5.75 Å². The zero-order valence-electron chi connectivity index (χ0n) is 15.8. The van der Waals surface area contributed by atoms with Crippen molar-refractivity contribution in [3.05, 3.63) is 76.6 Å². The number of likely N-dealkylation sites (N-methyl/N-ethyl adjacent to an activating group) is 1. The predicted octanol–water partition coefficient (Wildman–Crippen LogP) is 3.35. The van der Waals surface area contributed by atoms with Gasteiger partial charge in [-0.1, -0.05) is 37.3 Å². The minimum absolute atomic E-state index is 0.126. The summed E-state index contributed by atoms with van der Waals surface area (Å²) in [6, 6.07) is 19.2. The highest BCUT2D eigenvalue weighted by atomic mass is 16.5. The number of aromatic amines is 1. The highest BCUT2D eigenvalue weighted by Gasteiger charge is 2.18. The topological polar surface area (TPSA) is 65.6 Å². The molecule has 2 aromatic carbocycles. The van der Waals surface area contributed by atoms with Crippen LogP contribution in [0.15, 0.2) is 65.5 Å². The van der Waals surface area contributed by atoms with Crippen molar-refractivity contribution in [2.75, 3.05) is 19.7 Å². The Hall–Kier alpha value is -2.63. The van der Waals surface area contributed by atoms with Crippen LogP contribution in [0.4, 0.5) is 0 Å². The SMILES string of the molecule is CCN(CC(O)COc1ccc2[nH]c(=O)ccc2c1)C(C)c1ccccc1. The van der Waals surface area contributed by atoms with Gasteiger partial charge in [0.25, 0.3) is 0 Å². The number of rotatable bonds is 8. The molecule has 0 spiro atoms. The lowest BCUT2D eigenvalue weighted by Crippen LogP contribution is -2.37. The van der Waals surface area contributed by atoms with Crippen LogP contribution in [0.2, 0.25) is 0 Å². The highest BCUT2D eigenvalue weighted by molar-refractivity contribution is 5.79. The van der Waals surface area contributed by atoms with E-state index in [4.69, 9.17) is 4.74 Å². The molecule has 5 nitrogen and oxygen atoms in total. The molecule has 0 aliphatic carbocycles. The average Bonchev–Trinajstić information content (AvgIpc) is 2.70. The van der Waals surface area contributed by atoms with Crippen LogP contribution in [0.3, 0.4) is 0 Å². The minimum atomic E-state index is -0.595. The molecule has 5 heteroatoms. The average molecular weight is 366 g/mol. The monoisotopic (exact) mass is 366 g/mol. The third kappa shape index (κ3) is 4.96. The molecule has 0 fully saturated rings. The molecule has 2 N–H and O–H groups in total. The summed E-state index contributed by atoms with van der Waals surface area (Å²) in [5.41, 5.74) is 1.87. The number of pyridine rings is 1. The summed E-state index contributed by atoms with van der Waals surface area (Å²) in [4.78, 5) is 16.4. The largest absolute Gasteiger partial charge is 0.491 e. The van der Waals surface area contributed by atoms with Crippen LogP contribution in [0.1, 0.15) is 25.5 Å². The molecule has 0 radical (unpaired) electrons. The number of nitrogens with zero attached hydrogens (tertiary/aromatic N) is 1. The van der Waals surface area contributed by atoms with Gasteiger partial charge in [-0.05, 0) is 43.3 Å². The molecule has 1 aromatic heterocycles. The van der Waals surface area contributed by atoms with Gasteiger partial charge >= 0.3 is 0 Å². The minimum Gasteiger partial charge on any atom is -0.491 e. The lowest BCUT2D eigenvalue weighted by atomic mass is 10.1. The number of fused-ring (bicyclic) bond motifs is 1. The van der Waals surface area contributed by atoms with E-state index in [-0.39, 0.29) is 18.2 Å². The second kappa shape index (κ2) is 8.84. The summed E-state index contributed by atoms with van der Waals surface area (Å²) in [5.74, 6) is 0.674. The van der Waals surface area contributed by atoms with Gasteiger partial charge in [-0.15, -0.1) is 0 Å². The standard InChI is InChI=1S/C22H26N2O3/c1-3-24(16(2)17-7-5-4-6-8-17)14-19(25)15-27-20-10-11-21-18(13-20)9-12-22(26)23-21/h4-13,16,19,25H,3,14-15H2,1-2H3,(H,23,26). The number of hydrogen-bond acceptors (Lipinski definition) is 4. The molecule has 0 bridgehead atoms. The molecule has 3 aromatic rings. The van der Waals surface area contributed by atoms with Crippen molar-refractivity contribution >= 4 is 10.9 Å². The molecule has 3 rings (SSSR count). The predicted molar refractivity (Wildman–Crippen MR) is 108 cm³/mol. The Labute approximate surface area is 159 Å². The van der Waals surface area contributed by atoms with Crippen LogP contribution in [0.5, 0.6) is 5.75 Å². The van der Waals surface area contributed by atoms with Crippen molar-refractivity contribution in [2.45, 2.75) is 26.0 Å². The lowest BCUT2D eigenvalue weighted by Gasteiger charge is -2.30. The summed E-state index contributed by atoms with van der Waals surface area (Å²) < 4.78 is 5.77. The van der Waals surface area contributed by atoms with Crippen molar-refractivity contribution in [3.63, 3.8) is 0 Å². The maximum Gasteiger partial charge on any atom is 0.248 e. The van der Waals surface area contributed by atoms with E-state index in [1.54, 1.807) is 12.1 Å². The molecular formula is C22H26N2O3. The third-order valence-corrected chi connectivity index (χ3v) is 4.82. The fraction of sp³-hybridized carbons (Fsp3) is 0.318. The van der Waals surface area contributed by atoms with Crippen LogP contribution in [-0.4, -0.2) is 40.8 Å². The van der Waals surface area contributed by atoms with E-state index in [2.05, 4.69) is 35.9 Å². The zero-order chi connectivity index (χ0) is 19.2. The second-order valence-electron chi connectivity index (χ2n) is 6.71. The zero-order valence-corrected chi connectivity index (χ0v) is 15.8. The van der Waals surface area contributed by atoms with Gasteiger partial charge in [-0.25, -0.2) is 0 Å². The fourth-order valence-electron chi connectivity index (χ4n) is 3.24.